The number of thiazole rings is 2. The first-order valence-electron chi connectivity index (χ1n) is 29.0. The third kappa shape index (κ3) is 23.8. The van der Waals surface area contributed by atoms with E-state index >= 15 is 0 Å². The van der Waals surface area contributed by atoms with E-state index < -0.39 is 48.6 Å². The number of halogens is 1. The number of anilines is 2. The van der Waals surface area contributed by atoms with E-state index in [1.807, 2.05) is 74.5 Å². The van der Waals surface area contributed by atoms with Crippen molar-refractivity contribution in [1.29, 1.82) is 0 Å². The molecule has 8 rings (SSSR count). The molecule has 6 aromatic rings. The molecule has 0 bridgehead atoms. The van der Waals surface area contributed by atoms with Crippen LogP contribution >= 0.6 is 34.3 Å². The highest BCUT2D eigenvalue weighted by molar-refractivity contribution is 7.90. The average molecular weight is 1310 g/mol. The number of aromatic nitrogens is 2. The number of nitrogens with zero attached hydrogens (tertiary/aromatic N) is 2. The Morgan fingerprint density at radius 2 is 0.977 bits per heavy atom. The van der Waals surface area contributed by atoms with Crippen molar-refractivity contribution >= 4 is 89.3 Å². The second-order valence-corrected chi connectivity index (χ2v) is 29.7. The second kappa shape index (κ2) is 32.8. The summed E-state index contributed by atoms with van der Waals surface area (Å²) in [6, 6.07) is 28.4. The molecule has 2 fully saturated rings. The summed E-state index contributed by atoms with van der Waals surface area (Å²) < 4.78 is 69.2. The minimum absolute atomic E-state index is 0. The summed E-state index contributed by atoms with van der Waals surface area (Å²) in [5.41, 5.74) is 7.67. The van der Waals surface area contributed by atoms with Crippen LogP contribution in [0.4, 0.5) is 30.6 Å². The second-order valence-electron chi connectivity index (χ2n) is 24.0. The number of hydrogen-bond donors (Lipinski definition) is 8. The van der Waals surface area contributed by atoms with E-state index in [4.69, 9.17) is 22.1 Å². The topological polar surface area (TPSA) is 291 Å². The average Bonchev–Trinajstić information content (AvgIpc) is 1.77. The molecule has 88 heavy (non-hydrogen) atoms. The van der Waals surface area contributed by atoms with Crippen LogP contribution in [0.25, 0.3) is 20.9 Å². The number of sulfonamides is 2. The van der Waals surface area contributed by atoms with Crippen LogP contribution in [-0.4, -0.2) is 85.8 Å². The number of ether oxygens (including phenoxy) is 2. The Morgan fingerprint density at radius 1 is 0.591 bits per heavy atom. The molecule has 0 spiro atoms. The number of carbonyl (C=O) groups is 4. The van der Waals surface area contributed by atoms with Gasteiger partial charge in [-0.15, -0.1) is 22.7 Å². The highest BCUT2D eigenvalue weighted by atomic mass is 35.5. The van der Waals surface area contributed by atoms with E-state index in [0.717, 1.165) is 82.3 Å². The molecule has 2 heterocycles. The van der Waals surface area contributed by atoms with E-state index in [2.05, 4.69) is 50.7 Å². The largest absolute Gasteiger partial charge is 0.451 e. The zero-order chi connectivity index (χ0) is 63.7. The summed E-state index contributed by atoms with van der Waals surface area (Å²) in [4.78, 5) is 57.9. The molecule has 0 saturated heterocycles. The lowest BCUT2D eigenvalue weighted by Gasteiger charge is -2.28. The maximum absolute atomic E-state index is 13.6. The van der Waals surface area contributed by atoms with Crippen molar-refractivity contribution in [3.05, 3.63) is 131 Å². The van der Waals surface area contributed by atoms with Gasteiger partial charge in [0.15, 0.2) is 0 Å². The fraction of sp³-hybridized carbons (Fsp3) is 0.460. The van der Waals surface area contributed by atoms with E-state index in [-0.39, 0.29) is 53.5 Å². The van der Waals surface area contributed by atoms with Crippen molar-refractivity contribution in [2.24, 2.45) is 5.73 Å². The van der Waals surface area contributed by atoms with Crippen molar-refractivity contribution in [2.45, 2.75) is 198 Å². The molecule has 2 saturated carbocycles. The zero-order valence-electron chi connectivity index (χ0n) is 51.0. The Bertz CT molecular complexity index is 3470. The Labute approximate surface area is 532 Å². The van der Waals surface area contributed by atoms with Crippen molar-refractivity contribution in [3.8, 4) is 20.9 Å². The Kier molecular flexibility index (Phi) is 26.9. The molecule has 5 amide bonds. The Hall–Kier alpha value is -6.51. The SMILES string of the molecule is C.CC(C)(C)NS(=O)(=O)c1cc(NC(=O)NCc2ccccc2)ccc1-c1cnc(C2CCC(N)CC2)s1.CC(C)OC(=O)Cl.CC(C)OC(=O)NC1CCC(c2ncc(-c3ccc(NC(=O)NCc4ccccc4)cc3S(=O)(=O)NC(C)(C)C)s2)CC1. The molecule has 0 unspecified atom stereocenters. The van der Waals surface area contributed by atoms with Crippen LogP contribution in [0.2, 0.25) is 0 Å². The quantitative estimate of drug-likeness (QED) is 0.0395. The first-order valence-corrected chi connectivity index (χ1v) is 33.9. The number of benzene rings is 4. The predicted molar refractivity (Wildman–Crippen MR) is 353 cm³/mol. The van der Waals surface area contributed by atoms with Crippen molar-refractivity contribution < 1.29 is 45.5 Å². The molecule has 0 radical (unpaired) electrons. The van der Waals surface area contributed by atoms with Crippen molar-refractivity contribution in [3.63, 3.8) is 0 Å². The van der Waals surface area contributed by atoms with Crippen LogP contribution in [0, 0.1) is 0 Å². The van der Waals surface area contributed by atoms with Gasteiger partial charge in [-0.05, 0) is 156 Å². The van der Waals surface area contributed by atoms with Gasteiger partial charge in [0.2, 0.25) is 20.0 Å². The molecule has 0 aliphatic heterocycles. The molecule has 25 heteroatoms. The van der Waals surface area contributed by atoms with Crippen molar-refractivity contribution in [1.82, 2.24) is 35.4 Å². The molecule has 2 aromatic heterocycles. The van der Waals surface area contributed by atoms with Crippen LogP contribution in [0.15, 0.2) is 119 Å². The standard InChI is InChI=1S/C31H41N5O5S2.C27H35N5O3S2.C4H7ClO2.CH4/c1-20(2)41-30(38)35-23-13-11-22(12-14-23)28-32-19-26(42-28)25-16-15-24(17-27(25)43(39,40)36-31(3,4)5)34-29(37)33-18-21-9-7-6-8-10-21;1-27(2,3)32-37(34,35)24-15-21(31-26(33)30-16-18-7-5-4-6-8-18)13-14-22(24)23-17-29-25(36-23)19-9-11-20(28)12-10-19;1-3(2)7-4(5)6;/h6-10,15-17,19-20,22-23,36H,11-14,18H2,1-5H3,(H,35,38)(H2,33,34,37);4-8,13-15,17,19-20,32H,9-12,16,28H2,1-3H3,(H2,30,31,33);3H,1-2H3;1H4. The van der Waals surface area contributed by atoms with Gasteiger partial charge in [0.1, 0.15) is 0 Å². The number of alkyl carbamates (subject to hydrolysis) is 1. The van der Waals surface area contributed by atoms with Gasteiger partial charge in [-0.25, -0.2) is 55.4 Å². The normalized spacial score (nSPS) is 16.9. The summed E-state index contributed by atoms with van der Waals surface area (Å²) in [7, 11) is -7.84. The summed E-state index contributed by atoms with van der Waals surface area (Å²) in [6.07, 6.45) is 10.1. The summed E-state index contributed by atoms with van der Waals surface area (Å²) in [5, 5.41) is 16.0. The van der Waals surface area contributed by atoms with Gasteiger partial charge in [0.25, 0.3) is 0 Å². The molecule has 0 atom stereocenters. The van der Waals surface area contributed by atoms with Crippen LogP contribution < -0.4 is 41.8 Å². The zero-order valence-corrected chi connectivity index (χ0v) is 55.0. The van der Waals surface area contributed by atoms with E-state index in [1.165, 1.54) is 34.8 Å². The van der Waals surface area contributed by atoms with Gasteiger partial charge < -0.3 is 41.8 Å². The number of rotatable bonds is 17. The van der Waals surface area contributed by atoms with Crippen LogP contribution in [0.5, 0.6) is 0 Å². The van der Waals surface area contributed by atoms with Crippen molar-refractivity contribution in [2.75, 3.05) is 10.6 Å². The van der Waals surface area contributed by atoms with Crippen LogP contribution in [0.3, 0.4) is 0 Å². The van der Waals surface area contributed by atoms with Gasteiger partial charge in [-0.2, -0.15) is 0 Å². The molecule has 20 nitrogen and oxygen atoms in total. The van der Waals surface area contributed by atoms with Gasteiger partial charge in [-0.3, -0.25) is 0 Å². The molecule has 4 aromatic carbocycles. The summed E-state index contributed by atoms with van der Waals surface area (Å²) in [6.45, 7) is 18.5. The number of nitrogens with two attached hydrogens (primary N) is 1. The third-order valence-corrected chi connectivity index (χ3v) is 19.4. The van der Waals surface area contributed by atoms with Crippen LogP contribution in [0.1, 0.15) is 161 Å². The lowest BCUT2D eigenvalue weighted by atomic mass is 9.86. The number of urea groups is 2. The monoisotopic (exact) mass is 1310 g/mol. The molecular formula is C63H87ClN10O10S4. The predicted octanol–water partition coefficient (Wildman–Crippen LogP) is 14.0. The molecule has 480 valence electrons. The molecule has 2 aliphatic rings. The third-order valence-electron chi connectivity index (χ3n) is 13.3. The Morgan fingerprint density at radius 3 is 1.33 bits per heavy atom. The summed E-state index contributed by atoms with van der Waals surface area (Å²) in [5.74, 6) is 0.570. The Balaban J connectivity index is 0.000000288. The smallest absolute Gasteiger partial charge is 0.407 e. The maximum atomic E-state index is 13.6. The fourth-order valence-corrected chi connectivity index (χ4v) is 15.4. The summed E-state index contributed by atoms with van der Waals surface area (Å²) >= 11 is 7.81. The first kappa shape index (κ1) is 72.2. The maximum Gasteiger partial charge on any atom is 0.407 e. The van der Waals surface area contributed by atoms with Gasteiger partial charge >= 0.3 is 23.6 Å². The molecular weight excluding hydrogens is 1220 g/mol. The van der Waals surface area contributed by atoms with E-state index in [1.54, 1.807) is 92.0 Å². The number of hydrogen-bond acceptors (Lipinski definition) is 15. The molecule has 9 N–H and O–H groups in total. The lowest BCUT2D eigenvalue weighted by Crippen LogP contribution is -2.40. The van der Waals surface area contributed by atoms with Gasteiger partial charge in [0, 0.05) is 94.6 Å². The minimum atomic E-state index is -3.95. The van der Waals surface area contributed by atoms with Gasteiger partial charge in [0.05, 0.1) is 41.8 Å². The first-order chi connectivity index (χ1) is 40.9. The van der Waals surface area contributed by atoms with E-state index in [9.17, 15) is 36.0 Å². The van der Waals surface area contributed by atoms with Gasteiger partial charge in [-0.1, -0.05) is 80.2 Å². The number of nitrogens with one attached hydrogen (secondary N) is 7. The lowest BCUT2D eigenvalue weighted by molar-refractivity contribution is 0.109. The fourth-order valence-electron chi connectivity index (χ4n) is 9.53. The minimum Gasteiger partial charge on any atom is -0.451 e. The highest BCUT2D eigenvalue weighted by Gasteiger charge is 2.31. The number of carbonyl (C=O) groups excluding carboxylic acids is 4. The van der Waals surface area contributed by atoms with E-state index in [0.29, 0.717) is 41.5 Å². The molecule has 2 aliphatic carbocycles. The van der Waals surface area contributed by atoms with Crippen LogP contribution in [-0.2, 0) is 42.6 Å². The number of amides is 5. The highest BCUT2D eigenvalue weighted by Crippen LogP contribution is 2.42.